The predicted octanol–water partition coefficient (Wildman–Crippen LogP) is 1.32. The molecule has 0 unspecified atom stereocenters. The van der Waals surface area contributed by atoms with E-state index < -0.39 is 23.8 Å². The van der Waals surface area contributed by atoms with Gasteiger partial charge < -0.3 is 4.42 Å². The second-order valence-corrected chi connectivity index (χ2v) is 2.99. The Morgan fingerprint density at radius 3 is 2.36 bits per heavy atom. The van der Waals surface area contributed by atoms with Gasteiger partial charge in [-0.3, -0.25) is 14.4 Å². The highest BCUT2D eigenvalue weighted by Crippen LogP contribution is 2.09. The zero-order valence-electron chi connectivity index (χ0n) is 7.99. The zero-order valence-corrected chi connectivity index (χ0v) is 7.99. The van der Waals surface area contributed by atoms with Crippen LogP contribution < -0.4 is 0 Å². The lowest BCUT2D eigenvalue weighted by atomic mass is 10.1. The van der Waals surface area contributed by atoms with Crippen molar-refractivity contribution in [3.63, 3.8) is 0 Å². The molecule has 0 atom stereocenters. The molecule has 0 fully saturated rings. The van der Waals surface area contributed by atoms with Gasteiger partial charge in [0.15, 0.2) is 11.5 Å². The fourth-order valence-electron chi connectivity index (χ4n) is 0.942. The van der Waals surface area contributed by atoms with Gasteiger partial charge in [0.05, 0.1) is 6.42 Å². The maximum Gasteiger partial charge on any atom is 0.205 e. The van der Waals surface area contributed by atoms with Crippen molar-refractivity contribution in [3.8, 4) is 0 Å². The lowest BCUT2D eigenvalue weighted by molar-refractivity contribution is -0.134. The molecule has 0 radical (unpaired) electrons. The minimum absolute atomic E-state index is 0.122. The Kier molecular flexibility index (Phi) is 2.96. The first-order valence-electron chi connectivity index (χ1n) is 4.14. The maximum atomic E-state index is 11.3. The largest absolute Gasteiger partial charge is 0.458 e. The van der Waals surface area contributed by atoms with Crippen LogP contribution in [0.2, 0.25) is 0 Å². The van der Waals surface area contributed by atoms with Crippen molar-refractivity contribution in [1.29, 1.82) is 0 Å². The molecular formula is C10H10O4. The summed E-state index contributed by atoms with van der Waals surface area (Å²) in [4.78, 5) is 32.8. The maximum absolute atomic E-state index is 11.3. The lowest BCUT2D eigenvalue weighted by Crippen LogP contribution is -2.14. The first-order chi connectivity index (χ1) is 6.50. The van der Waals surface area contributed by atoms with Crippen LogP contribution in [0.5, 0.6) is 0 Å². The van der Waals surface area contributed by atoms with Crippen molar-refractivity contribution < 1.29 is 18.8 Å². The normalized spacial score (nSPS) is 9.86. The fourth-order valence-corrected chi connectivity index (χ4v) is 0.942. The van der Waals surface area contributed by atoms with Crippen molar-refractivity contribution in [2.75, 3.05) is 0 Å². The summed E-state index contributed by atoms with van der Waals surface area (Å²) >= 11 is 0. The molecule has 4 nitrogen and oxygen atoms in total. The highest BCUT2D eigenvalue weighted by molar-refractivity contribution is 6.40. The van der Waals surface area contributed by atoms with Crippen molar-refractivity contribution in [1.82, 2.24) is 0 Å². The Morgan fingerprint density at radius 2 is 1.93 bits per heavy atom. The van der Waals surface area contributed by atoms with Crippen molar-refractivity contribution in [3.05, 3.63) is 23.7 Å². The molecule has 1 rings (SSSR count). The summed E-state index contributed by atoms with van der Waals surface area (Å²) in [6, 6.07) is 3.12. The molecule has 0 N–H and O–H groups in total. The standard InChI is InChI=1S/C10H10O4/c1-6-3-4-10(14-6)9(13)5-8(12)7(2)11/h3-4H,5H2,1-2H3. The molecule has 0 aliphatic carbocycles. The molecule has 14 heavy (non-hydrogen) atoms. The summed E-state index contributed by atoms with van der Waals surface area (Å²) in [5, 5.41) is 0. The molecule has 0 spiro atoms. The van der Waals surface area contributed by atoms with E-state index in [2.05, 4.69) is 0 Å². The monoisotopic (exact) mass is 194 g/mol. The van der Waals surface area contributed by atoms with Gasteiger partial charge in [-0.1, -0.05) is 0 Å². The van der Waals surface area contributed by atoms with Crippen LogP contribution in [0.4, 0.5) is 0 Å². The molecule has 0 aliphatic rings. The first-order valence-corrected chi connectivity index (χ1v) is 4.14. The second-order valence-electron chi connectivity index (χ2n) is 2.99. The van der Waals surface area contributed by atoms with E-state index in [0.29, 0.717) is 5.76 Å². The molecule has 1 aromatic heterocycles. The fraction of sp³-hybridized carbons (Fsp3) is 0.300. The first kappa shape index (κ1) is 10.4. The van der Waals surface area contributed by atoms with Crippen LogP contribution in [-0.4, -0.2) is 17.3 Å². The summed E-state index contributed by atoms with van der Waals surface area (Å²) in [5.74, 6) is -1.04. The average Bonchev–Trinajstić information content (AvgIpc) is 2.51. The van der Waals surface area contributed by atoms with E-state index in [1.165, 1.54) is 6.07 Å². The van der Waals surface area contributed by atoms with E-state index in [0.717, 1.165) is 6.92 Å². The molecular weight excluding hydrogens is 184 g/mol. The van der Waals surface area contributed by atoms with E-state index in [1.807, 2.05) is 0 Å². The third-order valence-corrected chi connectivity index (χ3v) is 1.73. The van der Waals surface area contributed by atoms with Crippen molar-refractivity contribution in [2.24, 2.45) is 0 Å². The number of furan rings is 1. The van der Waals surface area contributed by atoms with Gasteiger partial charge in [-0.25, -0.2) is 0 Å². The average molecular weight is 194 g/mol. The van der Waals surface area contributed by atoms with Gasteiger partial charge in [0.1, 0.15) is 5.76 Å². The van der Waals surface area contributed by atoms with Crippen LogP contribution >= 0.6 is 0 Å². The lowest BCUT2D eigenvalue weighted by Gasteiger charge is -1.93. The molecule has 0 amide bonds. The van der Waals surface area contributed by atoms with Gasteiger partial charge in [0.2, 0.25) is 11.6 Å². The predicted molar refractivity (Wildman–Crippen MR) is 48.1 cm³/mol. The van der Waals surface area contributed by atoms with Crippen LogP contribution in [0.3, 0.4) is 0 Å². The van der Waals surface area contributed by atoms with E-state index in [4.69, 9.17) is 4.42 Å². The molecule has 74 valence electrons. The van der Waals surface area contributed by atoms with Crippen molar-refractivity contribution in [2.45, 2.75) is 20.3 Å². The van der Waals surface area contributed by atoms with Gasteiger partial charge in [0, 0.05) is 6.92 Å². The Labute approximate surface area is 80.9 Å². The highest BCUT2D eigenvalue weighted by Gasteiger charge is 2.17. The number of aryl methyl sites for hydroxylation is 1. The number of carbonyl (C=O) groups excluding carboxylic acids is 3. The molecule has 0 aromatic carbocycles. The number of hydrogen-bond acceptors (Lipinski definition) is 4. The molecule has 0 saturated carbocycles. The highest BCUT2D eigenvalue weighted by atomic mass is 16.3. The summed E-state index contributed by atoms with van der Waals surface area (Å²) in [6.07, 6.45) is -0.414. The van der Waals surface area contributed by atoms with Gasteiger partial charge in [-0.05, 0) is 19.1 Å². The summed E-state index contributed by atoms with van der Waals surface area (Å²) < 4.78 is 5.01. The number of hydrogen-bond donors (Lipinski definition) is 0. The van der Waals surface area contributed by atoms with Crippen LogP contribution in [0.1, 0.15) is 29.7 Å². The third-order valence-electron chi connectivity index (χ3n) is 1.73. The van der Waals surface area contributed by atoms with E-state index >= 15 is 0 Å². The van der Waals surface area contributed by atoms with E-state index in [-0.39, 0.29) is 5.76 Å². The topological polar surface area (TPSA) is 64.3 Å². The van der Waals surface area contributed by atoms with Crippen LogP contribution in [0, 0.1) is 6.92 Å². The van der Waals surface area contributed by atoms with Gasteiger partial charge in [-0.15, -0.1) is 0 Å². The van der Waals surface area contributed by atoms with Crippen molar-refractivity contribution >= 4 is 17.3 Å². The van der Waals surface area contributed by atoms with E-state index in [9.17, 15) is 14.4 Å². The molecule has 4 heteroatoms. The summed E-state index contributed by atoms with van der Waals surface area (Å²) in [5.41, 5.74) is 0. The summed E-state index contributed by atoms with van der Waals surface area (Å²) in [7, 11) is 0. The van der Waals surface area contributed by atoms with E-state index in [1.54, 1.807) is 13.0 Å². The number of ketones is 3. The van der Waals surface area contributed by atoms with Crippen LogP contribution in [0.25, 0.3) is 0 Å². The molecule has 0 aliphatic heterocycles. The Morgan fingerprint density at radius 1 is 1.29 bits per heavy atom. The number of Topliss-reactive ketones (excluding diaryl/α,β-unsaturated/α-hetero) is 3. The molecule has 1 aromatic rings. The SMILES string of the molecule is CC(=O)C(=O)CC(=O)c1ccc(C)o1. The Bertz CT molecular complexity index is 387. The minimum atomic E-state index is -0.691. The smallest absolute Gasteiger partial charge is 0.205 e. The van der Waals surface area contributed by atoms with Crippen LogP contribution in [-0.2, 0) is 9.59 Å². The second kappa shape index (κ2) is 4.00. The quantitative estimate of drug-likeness (QED) is 0.412. The third kappa shape index (κ3) is 2.39. The Balaban J connectivity index is 2.68. The Hall–Kier alpha value is -1.71. The zero-order chi connectivity index (χ0) is 10.7. The molecule has 0 bridgehead atoms. The molecule has 0 saturated heterocycles. The van der Waals surface area contributed by atoms with Gasteiger partial charge in [0.25, 0.3) is 0 Å². The van der Waals surface area contributed by atoms with Gasteiger partial charge in [-0.2, -0.15) is 0 Å². The number of rotatable bonds is 4. The number of carbonyl (C=O) groups is 3. The van der Waals surface area contributed by atoms with Gasteiger partial charge >= 0.3 is 0 Å². The molecule has 1 heterocycles. The van der Waals surface area contributed by atoms with Crippen LogP contribution in [0.15, 0.2) is 16.5 Å². The summed E-state index contributed by atoms with van der Waals surface area (Å²) in [6.45, 7) is 2.84. The minimum Gasteiger partial charge on any atom is -0.458 e.